The minimum Gasteiger partial charge on any atom is -0.468 e. The van der Waals surface area contributed by atoms with Gasteiger partial charge < -0.3 is 14.4 Å². The van der Waals surface area contributed by atoms with Crippen LogP contribution in [0.25, 0.3) is 0 Å². The first-order valence-corrected chi connectivity index (χ1v) is 8.70. The zero-order valence-corrected chi connectivity index (χ0v) is 16.5. The number of hydrogen-bond donors (Lipinski definition) is 0. The predicted octanol–water partition coefficient (Wildman–Crippen LogP) is 3.90. The number of halogens is 1. The summed E-state index contributed by atoms with van der Waals surface area (Å²) in [5.41, 5.74) is 1.12. The molecule has 1 aliphatic rings. The van der Waals surface area contributed by atoms with Crippen LogP contribution in [0.2, 0.25) is 5.02 Å². The zero-order chi connectivity index (χ0) is 19.6. The van der Waals surface area contributed by atoms with Crippen molar-refractivity contribution in [2.45, 2.75) is 26.2 Å². The summed E-state index contributed by atoms with van der Waals surface area (Å²) in [5.74, 6) is -1.66. The molecule has 2 atom stereocenters. The van der Waals surface area contributed by atoms with Crippen molar-refractivity contribution in [1.29, 1.82) is 0 Å². The normalized spacial score (nSPS) is 23.1. The van der Waals surface area contributed by atoms with Crippen molar-refractivity contribution in [3.63, 3.8) is 0 Å². The van der Waals surface area contributed by atoms with E-state index in [0.717, 1.165) is 5.70 Å². The van der Waals surface area contributed by atoms with E-state index in [1.807, 2.05) is 19.1 Å². The van der Waals surface area contributed by atoms with Gasteiger partial charge in [0.25, 0.3) is 0 Å². The lowest BCUT2D eigenvalue weighted by molar-refractivity contribution is -0.152. The molecule has 0 amide bonds. The van der Waals surface area contributed by atoms with Gasteiger partial charge in [-0.15, -0.1) is 0 Å². The molecule has 0 radical (unpaired) electrons. The van der Waals surface area contributed by atoms with Crippen molar-refractivity contribution in [3.05, 3.63) is 58.4 Å². The average Bonchev–Trinajstić information content (AvgIpc) is 2.65. The molecule has 0 aromatic heterocycles. The molecule has 0 spiro atoms. The highest BCUT2D eigenvalue weighted by Gasteiger charge is 2.54. The fraction of sp³-hybridized carbons (Fsp3) is 0.400. The molecule has 140 valence electrons. The van der Waals surface area contributed by atoms with Crippen molar-refractivity contribution in [2.24, 2.45) is 5.41 Å². The lowest BCUT2D eigenvalue weighted by Gasteiger charge is -2.47. The highest BCUT2D eigenvalue weighted by Crippen LogP contribution is 2.54. The van der Waals surface area contributed by atoms with Crippen molar-refractivity contribution in [2.75, 3.05) is 21.3 Å². The quantitative estimate of drug-likeness (QED) is 0.745. The fourth-order valence-corrected chi connectivity index (χ4v) is 3.96. The minimum absolute atomic E-state index is 0.394. The van der Waals surface area contributed by atoms with Gasteiger partial charge in [0.15, 0.2) is 0 Å². The maximum atomic E-state index is 12.9. The number of hydrogen-bond acceptors (Lipinski definition) is 5. The molecule has 0 unspecified atom stereocenters. The van der Waals surface area contributed by atoms with Crippen LogP contribution in [0.1, 0.15) is 31.7 Å². The number of carbonyl (C=O) groups excluding carboxylic acids is 2. The molecule has 0 aliphatic carbocycles. The summed E-state index contributed by atoms with van der Waals surface area (Å²) in [5, 5.41) is 0.460. The van der Waals surface area contributed by atoms with Gasteiger partial charge in [-0.05, 0) is 25.0 Å². The molecule has 26 heavy (non-hydrogen) atoms. The van der Waals surface area contributed by atoms with E-state index in [1.54, 1.807) is 31.0 Å². The van der Waals surface area contributed by atoms with Crippen LogP contribution in [0.5, 0.6) is 0 Å². The molecular formula is C20H24ClNO4. The van der Waals surface area contributed by atoms with Crippen LogP contribution in [-0.4, -0.2) is 38.1 Å². The van der Waals surface area contributed by atoms with Crippen LogP contribution < -0.4 is 0 Å². The molecule has 0 bridgehead atoms. The molecule has 1 heterocycles. The van der Waals surface area contributed by atoms with Crippen LogP contribution >= 0.6 is 11.6 Å². The van der Waals surface area contributed by atoms with Gasteiger partial charge in [-0.25, -0.2) is 4.79 Å². The van der Waals surface area contributed by atoms with E-state index in [4.69, 9.17) is 21.1 Å². The molecule has 1 aromatic carbocycles. The standard InChI is InChI=1S/C20H24ClNO4/c1-7-15-16(18(23)25-5)17(13-10-8-9-11-14(13)21)20(3,19(24)26-6)12(2)22(15)4/h8-11,17H,2,7H2,1,3-6H3/t17-,20+/m1/s1. The van der Waals surface area contributed by atoms with Crippen LogP contribution in [0, 0.1) is 5.41 Å². The molecule has 5 nitrogen and oxygen atoms in total. The van der Waals surface area contributed by atoms with E-state index < -0.39 is 23.3 Å². The van der Waals surface area contributed by atoms with Crippen molar-refractivity contribution >= 4 is 23.5 Å². The maximum absolute atomic E-state index is 12.9. The van der Waals surface area contributed by atoms with Crippen molar-refractivity contribution in [1.82, 2.24) is 4.90 Å². The summed E-state index contributed by atoms with van der Waals surface area (Å²) in [6.45, 7) is 7.80. The van der Waals surface area contributed by atoms with E-state index in [2.05, 4.69) is 6.58 Å². The number of methoxy groups -OCH3 is 2. The highest BCUT2D eigenvalue weighted by atomic mass is 35.5. The SMILES string of the molecule is C=C1N(C)C(CC)=C(C(=O)OC)[C@@H](c2ccccc2Cl)[C@@]1(C)C(=O)OC. The summed E-state index contributed by atoms with van der Waals surface area (Å²) in [4.78, 5) is 27.4. The molecule has 1 aromatic rings. The van der Waals surface area contributed by atoms with Gasteiger partial charge in [0.2, 0.25) is 0 Å². The lowest BCUT2D eigenvalue weighted by atomic mass is 9.64. The largest absolute Gasteiger partial charge is 0.468 e. The Morgan fingerprint density at radius 2 is 1.88 bits per heavy atom. The summed E-state index contributed by atoms with van der Waals surface area (Å²) in [6.07, 6.45) is 0.568. The van der Waals surface area contributed by atoms with Gasteiger partial charge in [-0.3, -0.25) is 4.79 Å². The van der Waals surface area contributed by atoms with E-state index in [-0.39, 0.29) is 0 Å². The summed E-state index contributed by atoms with van der Waals surface area (Å²) in [6, 6.07) is 7.16. The first-order chi connectivity index (χ1) is 12.2. The van der Waals surface area contributed by atoms with Crippen LogP contribution in [-0.2, 0) is 19.1 Å². The number of benzene rings is 1. The van der Waals surface area contributed by atoms with Gasteiger partial charge in [0, 0.05) is 29.4 Å². The summed E-state index contributed by atoms with van der Waals surface area (Å²) >= 11 is 6.45. The van der Waals surface area contributed by atoms with Gasteiger partial charge in [0.1, 0.15) is 5.41 Å². The van der Waals surface area contributed by atoms with E-state index >= 15 is 0 Å². The van der Waals surface area contributed by atoms with Gasteiger partial charge >= 0.3 is 11.9 Å². The first-order valence-electron chi connectivity index (χ1n) is 8.32. The number of esters is 2. The maximum Gasteiger partial charge on any atom is 0.336 e. The Hall–Kier alpha value is -2.27. The summed E-state index contributed by atoms with van der Waals surface area (Å²) in [7, 11) is 4.43. The molecule has 0 N–H and O–H groups in total. The Balaban J connectivity index is 2.93. The van der Waals surface area contributed by atoms with Crippen molar-refractivity contribution < 1.29 is 19.1 Å². The summed E-state index contributed by atoms with van der Waals surface area (Å²) < 4.78 is 10.1. The van der Waals surface area contributed by atoms with Gasteiger partial charge in [0.05, 0.1) is 19.8 Å². The Morgan fingerprint density at radius 3 is 2.38 bits per heavy atom. The highest BCUT2D eigenvalue weighted by molar-refractivity contribution is 6.31. The number of rotatable bonds is 4. The second-order valence-corrected chi connectivity index (χ2v) is 6.77. The molecule has 1 aliphatic heterocycles. The van der Waals surface area contributed by atoms with E-state index in [1.165, 1.54) is 14.2 Å². The molecule has 0 saturated carbocycles. The third-order valence-corrected chi connectivity index (χ3v) is 5.50. The Kier molecular flexibility index (Phi) is 5.81. The Labute approximate surface area is 159 Å². The monoisotopic (exact) mass is 377 g/mol. The average molecular weight is 378 g/mol. The smallest absolute Gasteiger partial charge is 0.336 e. The third kappa shape index (κ3) is 2.90. The predicted molar refractivity (Wildman–Crippen MR) is 101 cm³/mol. The minimum atomic E-state index is -1.21. The van der Waals surface area contributed by atoms with Gasteiger partial charge in [-0.2, -0.15) is 0 Å². The Morgan fingerprint density at radius 1 is 1.27 bits per heavy atom. The lowest BCUT2D eigenvalue weighted by Crippen LogP contribution is -2.48. The number of allylic oxidation sites excluding steroid dienone is 1. The molecule has 0 saturated heterocycles. The molecular weight excluding hydrogens is 354 g/mol. The second-order valence-electron chi connectivity index (χ2n) is 6.36. The van der Waals surface area contributed by atoms with Crippen LogP contribution in [0.3, 0.4) is 0 Å². The topological polar surface area (TPSA) is 55.8 Å². The fourth-order valence-electron chi connectivity index (χ4n) is 3.71. The number of carbonyl (C=O) groups is 2. The number of ether oxygens (including phenoxy) is 2. The Bertz CT molecular complexity index is 786. The molecule has 6 heteroatoms. The molecule has 0 fully saturated rings. The van der Waals surface area contributed by atoms with Gasteiger partial charge in [-0.1, -0.05) is 43.3 Å². The second kappa shape index (κ2) is 7.54. The van der Waals surface area contributed by atoms with E-state index in [9.17, 15) is 9.59 Å². The number of nitrogens with zero attached hydrogens (tertiary/aromatic N) is 1. The third-order valence-electron chi connectivity index (χ3n) is 5.15. The van der Waals surface area contributed by atoms with Crippen molar-refractivity contribution in [3.8, 4) is 0 Å². The molecule has 2 rings (SSSR count). The first kappa shape index (κ1) is 20.0. The van der Waals surface area contributed by atoms with Crippen LogP contribution in [0.15, 0.2) is 47.8 Å². The zero-order valence-electron chi connectivity index (χ0n) is 15.8. The van der Waals surface area contributed by atoms with Crippen LogP contribution in [0.4, 0.5) is 0 Å². The van der Waals surface area contributed by atoms with E-state index in [0.29, 0.717) is 28.3 Å².